The first-order chi connectivity index (χ1) is 8.99. The molecule has 0 saturated heterocycles. The van der Waals surface area contributed by atoms with E-state index in [0.29, 0.717) is 11.6 Å². The molecular weight excluding hydrogens is 242 g/mol. The fraction of sp³-hybridized carbons (Fsp3) is 0.714. The zero-order chi connectivity index (χ0) is 14.4. The molecule has 1 aromatic heterocycles. The number of nitrogens with one attached hydrogen (secondary N) is 1. The molecule has 5 nitrogen and oxygen atoms in total. The highest BCUT2D eigenvalue weighted by Crippen LogP contribution is 2.21. The van der Waals surface area contributed by atoms with Crippen molar-refractivity contribution in [2.45, 2.75) is 59.0 Å². The van der Waals surface area contributed by atoms with Crippen LogP contribution in [-0.2, 0) is 0 Å². The standard InChI is InChI=1S/C14H25N3O2/c1-5-7-10(4)16-13(18)11-8-19-14(17-11)12(15)9(3)6-2/h8-10,12H,5-7,15H2,1-4H3,(H,16,18). The maximum Gasteiger partial charge on any atom is 0.273 e. The Morgan fingerprint density at radius 2 is 2.16 bits per heavy atom. The van der Waals surface area contributed by atoms with Crippen molar-refractivity contribution in [1.29, 1.82) is 0 Å². The van der Waals surface area contributed by atoms with Gasteiger partial charge in [0.25, 0.3) is 5.91 Å². The van der Waals surface area contributed by atoms with E-state index in [2.05, 4.69) is 24.1 Å². The van der Waals surface area contributed by atoms with Gasteiger partial charge in [0.15, 0.2) is 5.69 Å². The molecule has 3 atom stereocenters. The van der Waals surface area contributed by atoms with E-state index in [9.17, 15) is 4.79 Å². The predicted molar refractivity (Wildman–Crippen MR) is 74.7 cm³/mol. The molecule has 1 amide bonds. The van der Waals surface area contributed by atoms with Crippen molar-refractivity contribution in [2.75, 3.05) is 0 Å². The van der Waals surface area contributed by atoms with Crippen molar-refractivity contribution in [1.82, 2.24) is 10.3 Å². The first kappa shape index (κ1) is 15.7. The lowest BCUT2D eigenvalue weighted by molar-refractivity contribution is 0.0933. The molecule has 0 aliphatic carbocycles. The highest BCUT2D eigenvalue weighted by molar-refractivity contribution is 5.92. The lowest BCUT2D eigenvalue weighted by Crippen LogP contribution is -2.32. The van der Waals surface area contributed by atoms with Crippen LogP contribution in [0, 0.1) is 5.92 Å². The quantitative estimate of drug-likeness (QED) is 0.795. The molecule has 0 fully saturated rings. The Labute approximate surface area is 115 Å². The Hall–Kier alpha value is -1.36. The molecule has 108 valence electrons. The third kappa shape index (κ3) is 4.35. The normalized spacial score (nSPS) is 15.8. The molecule has 3 unspecified atom stereocenters. The Bertz CT molecular complexity index is 403. The third-order valence-electron chi connectivity index (χ3n) is 3.40. The number of oxazole rings is 1. The highest BCUT2D eigenvalue weighted by Gasteiger charge is 2.21. The van der Waals surface area contributed by atoms with E-state index in [1.807, 2.05) is 13.8 Å². The number of aromatic nitrogens is 1. The number of carbonyl (C=O) groups is 1. The van der Waals surface area contributed by atoms with Gasteiger partial charge in [0.2, 0.25) is 5.89 Å². The molecule has 1 rings (SSSR count). The molecule has 0 aliphatic rings. The minimum absolute atomic E-state index is 0.140. The van der Waals surface area contributed by atoms with Crippen LogP contribution in [-0.4, -0.2) is 16.9 Å². The molecule has 5 heteroatoms. The van der Waals surface area contributed by atoms with E-state index >= 15 is 0 Å². The Morgan fingerprint density at radius 1 is 1.47 bits per heavy atom. The highest BCUT2D eigenvalue weighted by atomic mass is 16.3. The summed E-state index contributed by atoms with van der Waals surface area (Å²) in [5, 5.41) is 2.89. The Morgan fingerprint density at radius 3 is 2.74 bits per heavy atom. The van der Waals surface area contributed by atoms with Gasteiger partial charge in [-0.2, -0.15) is 0 Å². The fourth-order valence-electron chi connectivity index (χ4n) is 1.85. The average molecular weight is 267 g/mol. The molecule has 19 heavy (non-hydrogen) atoms. The van der Waals surface area contributed by atoms with Crippen molar-refractivity contribution < 1.29 is 9.21 Å². The zero-order valence-corrected chi connectivity index (χ0v) is 12.3. The van der Waals surface area contributed by atoms with E-state index < -0.39 is 0 Å². The third-order valence-corrected chi connectivity index (χ3v) is 3.40. The summed E-state index contributed by atoms with van der Waals surface area (Å²) in [6.45, 7) is 8.17. The number of nitrogens with zero attached hydrogens (tertiary/aromatic N) is 1. The van der Waals surface area contributed by atoms with Gasteiger partial charge in [-0.3, -0.25) is 4.79 Å². The maximum absolute atomic E-state index is 11.9. The first-order valence-electron chi connectivity index (χ1n) is 7.01. The number of hydrogen-bond donors (Lipinski definition) is 2. The predicted octanol–water partition coefficient (Wildman–Crippen LogP) is 2.64. The largest absolute Gasteiger partial charge is 0.446 e. The second-order valence-electron chi connectivity index (χ2n) is 5.15. The smallest absolute Gasteiger partial charge is 0.273 e. The van der Waals surface area contributed by atoms with E-state index in [0.717, 1.165) is 19.3 Å². The van der Waals surface area contributed by atoms with Crippen LogP contribution in [0.4, 0.5) is 0 Å². The van der Waals surface area contributed by atoms with Crippen LogP contribution in [0.5, 0.6) is 0 Å². The maximum atomic E-state index is 11.9. The molecule has 0 bridgehead atoms. The van der Waals surface area contributed by atoms with Gasteiger partial charge in [0, 0.05) is 6.04 Å². The summed E-state index contributed by atoms with van der Waals surface area (Å²) in [4.78, 5) is 16.1. The number of carbonyl (C=O) groups excluding carboxylic acids is 1. The summed E-state index contributed by atoms with van der Waals surface area (Å²) in [6, 6.07) is -0.125. The summed E-state index contributed by atoms with van der Waals surface area (Å²) in [5.41, 5.74) is 6.33. The zero-order valence-electron chi connectivity index (χ0n) is 12.3. The first-order valence-corrected chi connectivity index (χ1v) is 7.01. The lowest BCUT2D eigenvalue weighted by Gasteiger charge is -2.14. The van der Waals surface area contributed by atoms with Gasteiger partial charge < -0.3 is 15.5 Å². The van der Waals surface area contributed by atoms with Gasteiger partial charge in [0.1, 0.15) is 6.26 Å². The molecule has 0 radical (unpaired) electrons. The van der Waals surface area contributed by atoms with Gasteiger partial charge in [0.05, 0.1) is 6.04 Å². The molecule has 3 N–H and O–H groups in total. The average Bonchev–Trinajstić information content (AvgIpc) is 2.86. The second-order valence-corrected chi connectivity index (χ2v) is 5.15. The van der Waals surface area contributed by atoms with Crippen molar-refractivity contribution in [3.8, 4) is 0 Å². The van der Waals surface area contributed by atoms with E-state index in [-0.39, 0.29) is 23.9 Å². The van der Waals surface area contributed by atoms with Gasteiger partial charge in [-0.05, 0) is 19.3 Å². The lowest BCUT2D eigenvalue weighted by atomic mass is 10.0. The minimum Gasteiger partial charge on any atom is -0.446 e. The number of hydrogen-bond acceptors (Lipinski definition) is 4. The second kappa shape index (κ2) is 7.28. The van der Waals surface area contributed by atoms with Gasteiger partial charge in [-0.15, -0.1) is 0 Å². The summed E-state index contributed by atoms with van der Waals surface area (Å²) in [5.74, 6) is 0.503. The monoisotopic (exact) mass is 267 g/mol. The molecule has 0 saturated carbocycles. The van der Waals surface area contributed by atoms with Crippen LogP contribution in [0.2, 0.25) is 0 Å². The number of rotatable bonds is 7. The van der Waals surface area contributed by atoms with Crippen molar-refractivity contribution in [2.24, 2.45) is 11.7 Å². The van der Waals surface area contributed by atoms with Crippen LogP contribution >= 0.6 is 0 Å². The van der Waals surface area contributed by atoms with Crippen molar-refractivity contribution >= 4 is 5.91 Å². The van der Waals surface area contributed by atoms with Crippen LogP contribution < -0.4 is 11.1 Å². The fourth-order valence-corrected chi connectivity index (χ4v) is 1.85. The van der Waals surface area contributed by atoms with E-state index in [1.54, 1.807) is 0 Å². The van der Waals surface area contributed by atoms with Crippen LogP contribution in [0.25, 0.3) is 0 Å². The van der Waals surface area contributed by atoms with Gasteiger partial charge in [-0.25, -0.2) is 4.98 Å². The van der Waals surface area contributed by atoms with Gasteiger partial charge >= 0.3 is 0 Å². The molecular formula is C14H25N3O2. The summed E-state index contributed by atoms with van der Waals surface area (Å²) >= 11 is 0. The summed E-state index contributed by atoms with van der Waals surface area (Å²) in [7, 11) is 0. The molecule has 1 aromatic rings. The van der Waals surface area contributed by atoms with Crippen molar-refractivity contribution in [3.63, 3.8) is 0 Å². The topological polar surface area (TPSA) is 81.2 Å². The summed E-state index contributed by atoms with van der Waals surface area (Å²) in [6.07, 6.45) is 4.30. The Balaban J connectivity index is 2.66. The van der Waals surface area contributed by atoms with Crippen LogP contribution in [0.3, 0.4) is 0 Å². The van der Waals surface area contributed by atoms with Crippen LogP contribution in [0.15, 0.2) is 10.7 Å². The molecule has 0 aliphatic heterocycles. The van der Waals surface area contributed by atoms with Crippen LogP contribution in [0.1, 0.15) is 69.4 Å². The minimum atomic E-state index is -0.264. The van der Waals surface area contributed by atoms with Gasteiger partial charge in [-0.1, -0.05) is 33.6 Å². The number of nitrogens with two attached hydrogens (primary N) is 1. The molecule has 0 spiro atoms. The molecule has 1 heterocycles. The number of amides is 1. The van der Waals surface area contributed by atoms with E-state index in [4.69, 9.17) is 10.2 Å². The van der Waals surface area contributed by atoms with Crippen molar-refractivity contribution in [3.05, 3.63) is 17.8 Å². The summed E-state index contributed by atoms with van der Waals surface area (Å²) < 4.78 is 5.32. The SMILES string of the molecule is CCCC(C)NC(=O)c1coc(C(N)C(C)CC)n1. The molecule has 0 aromatic carbocycles. The van der Waals surface area contributed by atoms with E-state index in [1.165, 1.54) is 6.26 Å². The Kier molecular flexibility index (Phi) is 6.02.